The minimum Gasteiger partial charge on any atom is -0.338 e. The molecule has 0 aromatic carbocycles. The fourth-order valence-electron chi connectivity index (χ4n) is 1.71. The molecule has 0 spiro atoms. The molecule has 0 aliphatic carbocycles. The quantitative estimate of drug-likeness (QED) is 0.719. The van der Waals surface area contributed by atoms with E-state index < -0.39 is 0 Å². The first-order valence-corrected chi connectivity index (χ1v) is 7.26. The maximum atomic E-state index is 5.95. The van der Waals surface area contributed by atoms with Gasteiger partial charge in [0.2, 0.25) is 11.2 Å². The average molecular weight is 323 g/mol. The molecule has 21 heavy (non-hydrogen) atoms. The molecule has 10 heteroatoms. The summed E-state index contributed by atoms with van der Waals surface area (Å²) in [5.74, 6) is 0.773. The van der Waals surface area contributed by atoms with E-state index >= 15 is 0 Å². The van der Waals surface area contributed by atoms with Crippen LogP contribution in [0.2, 0.25) is 5.28 Å². The summed E-state index contributed by atoms with van der Waals surface area (Å²) < 4.78 is 1.43. The van der Waals surface area contributed by atoms with Crippen molar-refractivity contribution in [3.63, 3.8) is 0 Å². The van der Waals surface area contributed by atoms with Gasteiger partial charge in [0, 0.05) is 12.4 Å². The van der Waals surface area contributed by atoms with Gasteiger partial charge in [-0.2, -0.15) is 24.7 Å². The normalized spacial score (nSPS) is 10.8. The van der Waals surface area contributed by atoms with Gasteiger partial charge in [0.15, 0.2) is 0 Å². The fourth-order valence-corrected chi connectivity index (χ4v) is 2.46. The van der Waals surface area contributed by atoms with Gasteiger partial charge in [-0.15, -0.1) is 11.3 Å². The molecule has 3 heterocycles. The van der Waals surface area contributed by atoms with Crippen LogP contribution in [-0.4, -0.2) is 41.7 Å². The van der Waals surface area contributed by atoms with Crippen LogP contribution in [0.25, 0.3) is 5.95 Å². The van der Waals surface area contributed by atoms with Gasteiger partial charge >= 0.3 is 0 Å². The van der Waals surface area contributed by atoms with Crippen molar-refractivity contribution in [3.05, 3.63) is 34.0 Å². The third kappa shape index (κ3) is 3.14. The Balaban J connectivity index is 1.87. The zero-order valence-corrected chi connectivity index (χ0v) is 12.9. The smallest absolute Gasteiger partial charge is 0.258 e. The maximum Gasteiger partial charge on any atom is 0.258 e. The Morgan fingerprint density at radius 1 is 1.29 bits per heavy atom. The Kier molecular flexibility index (Phi) is 3.76. The van der Waals surface area contributed by atoms with E-state index in [1.165, 1.54) is 17.3 Å². The minimum atomic E-state index is 0.104. The van der Waals surface area contributed by atoms with E-state index in [1.54, 1.807) is 11.3 Å². The van der Waals surface area contributed by atoms with Crippen LogP contribution in [0.5, 0.6) is 0 Å². The van der Waals surface area contributed by atoms with Gasteiger partial charge in [0.25, 0.3) is 5.95 Å². The van der Waals surface area contributed by atoms with Gasteiger partial charge in [-0.25, -0.2) is 9.97 Å². The minimum absolute atomic E-state index is 0.104. The molecule has 3 rings (SSSR count). The number of halogens is 1. The highest BCUT2D eigenvalue weighted by Crippen LogP contribution is 2.15. The van der Waals surface area contributed by atoms with E-state index in [1.807, 2.05) is 24.3 Å². The van der Waals surface area contributed by atoms with Crippen molar-refractivity contribution >= 4 is 28.9 Å². The first-order valence-electron chi connectivity index (χ1n) is 6.00. The van der Waals surface area contributed by atoms with Crippen molar-refractivity contribution in [1.29, 1.82) is 0 Å². The number of aromatic nitrogens is 7. The molecule has 0 unspecified atom stereocenters. The molecule has 0 radical (unpaired) electrons. The number of nitrogens with zero attached hydrogens (tertiary/aromatic N) is 8. The van der Waals surface area contributed by atoms with Crippen LogP contribution in [0, 0.1) is 6.92 Å². The second-order valence-corrected chi connectivity index (χ2v) is 5.66. The Bertz CT molecular complexity index is 741. The Hall–Kier alpha value is -2.13. The second kappa shape index (κ2) is 5.70. The summed E-state index contributed by atoms with van der Waals surface area (Å²) in [6, 6.07) is 0. The monoisotopic (exact) mass is 322 g/mol. The van der Waals surface area contributed by atoms with Gasteiger partial charge in [0.05, 0.1) is 17.2 Å². The molecule has 0 bridgehead atoms. The molecule has 0 atom stereocenters. The van der Waals surface area contributed by atoms with Crippen molar-refractivity contribution in [1.82, 2.24) is 34.7 Å². The number of aryl methyl sites for hydroxylation is 1. The van der Waals surface area contributed by atoms with Crippen LogP contribution in [0.4, 0.5) is 5.95 Å². The summed E-state index contributed by atoms with van der Waals surface area (Å²) in [5, 5.41) is 7.11. The molecular weight excluding hydrogens is 312 g/mol. The highest BCUT2D eigenvalue weighted by molar-refractivity contribution is 7.09. The third-order valence-electron chi connectivity index (χ3n) is 2.62. The lowest BCUT2D eigenvalue weighted by atomic mass is 10.4. The van der Waals surface area contributed by atoms with Crippen LogP contribution in [0.3, 0.4) is 0 Å². The molecule has 0 aliphatic rings. The number of hydrogen-bond donors (Lipinski definition) is 0. The first-order chi connectivity index (χ1) is 10.1. The van der Waals surface area contributed by atoms with Gasteiger partial charge in [-0.05, 0) is 18.5 Å². The van der Waals surface area contributed by atoms with E-state index in [-0.39, 0.29) is 5.28 Å². The molecule has 108 valence electrons. The van der Waals surface area contributed by atoms with Gasteiger partial charge < -0.3 is 4.90 Å². The summed E-state index contributed by atoms with van der Waals surface area (Å²) in [5.41, 5.74) is 0.957. The highest BCUT2D eigenvalue weighted by Gasteiger charge is 2.12. The summed E-state index contributed by atoms with van der Waals surface area (Å²) in [6.45, 7) is 2.55. The van der Waals surface area contributed by atoms with Crippen molar-refractivity contribution in [2.24, 2.45) is 0 Å². The Morgan fingerprint density at radius 3 is 2.81 bits per heavy atom. The summed E-state index contributed by atoms with van der Waals surface area (Å²) in [7, 11) is 1.87. The summed E-state index contributed by atoms with van der Waals surface area (Å²) in [6.07, 6.45) is 2.90. The van der Waals surface area contributed by atoms with Gasteiger partial charge in [-0.3, -0.25) is 0 Å². The van der Waals surface area contributed by atoms with Crippen molar-refractivity contribution in [3.8, 4) is 5.95 Å². The predicted molar refractivity (Wildman–Crippen MR) is 78.7 cm³/mol. The van der Waals surface area contributed by atoms with Crippen molar-refractivity contribution in [2.45, 2.75) is 13.5 Å². The van der Waals surface area contributed by atoms with E-state index in [4.69, 9.17) is 11.6 Å². The Morgan fingerprint density at radius 2 is 2.14 bits per heavy atom. The van der Waals surface area contributed by atoms with E-state index in [0.29, 0.717) is 18.4 Å². The first kappa shape index (κ1) is 13.8. The van der Waals surface area contributed by atoms with Crippen LogP contribution < -0.4 is 4.90 Å². The molecule has 0 aliphatic heterocycles. The third-order valence-corrected chi connectivity index (χ3v) is 3.61. The zero-order valence-electron chi connectivity index (χ0n) is 11.3. The Labute approximate surface area is 129 Å². The number of thiazole rings is 1. The lowest BCUT2D eigenvalue weighted by Crippen LogP contribution is -2.21. The van der Waals surface area contributed by atoms with Crippen LogP contribution >= 0.6 is 22.9 Å². The van der Waals surface area contributed by atoms with Crippen LogP contribution in [0.15, 0.2) is 18.0 Å². The summed E-state index contributed by atoms with van der Waals surface area (Å²) in [4.78, 5) is 22.6. The van der Waals surface area contributed by atoms with Crippen molar-refractivity contribution in [2.75, 3.05) is 11.9 Å². The summed E-state index contributed by atoms with van der Waals surface area (Å²) >= 11 is 7.56. The van der Waals surface area contributed by atoms with Gasteiger partial charge in [0.1, 0.15) is 12.7 Å². The second-order valence-electron chi connectivity index (χ2n) is 4.26. The van der Waals surface area contributed by atoms with Crippen LogP contribution in [0.1, 0.15) is 10.7 Å². The molecule has 0 N–H and O–H groups in total. The zero-order chi connectivity index (χ0) is 14.8. The highest BCUT2D eigenvalue weighted by atomic mass is 35.5. The number of anilines is 1. The lowest BCUT2D eigenvalue weighted by molar-refractivity contribution is 0.768. The molecule has 0 saturated heterocycles. The molecule has 3 aromatic rings. The molecule has 0 saturated carbocycles. The largest absolute Gasteiger partial charge is 0.338 e. The SMILES string of the molecule is Cc1nc(CN(C)c2nc(Cl)nc(-n3cncn3)n2)cs1. The predicted octanol–water partition coefficient (Wildman–Crippen LogP) is 1.51. The van der Waals surface area contributed by atoms with Crippen LogP contribution in [-0.2, 0) is 6.54 Å². The molecule has 0 fully saturated rings. The number of rotatable bonds is 4. The maximum absolute atomic E-state index is 5.95. The van der Waals surface area contributed by atoms with Crippen molar-refractivity contribution < 1.29 is 0 Å². The van der Waals surface area contributed by atoms with Gasteiger partial charge in [-0.1, -0.05) is 0 Å². The molecule has 8 nitrogen and oxygen atoms in total. The van der Waals surface area contributed by atoms with E-state index in [9.17, 15) is 0 Å². The average Bonchev–Trinajstić information content (AvgIpc) is 3.10. The topological polar surface area (TPSA) is 85.5 Å². The molecule has 3 aromatic heterocycles. The number of hydrogen-bond acceptors (Lipinski definition) is 8. The molecule has 0 amide bonds. The van der Waals surface area contributed by atoms with E-state index in [2.05, 4.69) is 30.0 Å². The standard InChI is InChI=1S/C11H11ClN8S/c1-7-15-8(4-21-7)3-19(2)10-16-9(12)17-11(18-10)20-6-13-5-14-20/h4-6H,3H2,1-2H3. The fraction of sp³-hybridized carbons (Fsp3) is 0.273. The molecular formula is C11H11ClN8S. The van der Waals surface area contributed by atoms with E-state index in [0.717, 1.165) is 10.7 Å². The lowest BCUT2D eigenvalue weighted by Gasteiger charge is -2.16.